The van der Waals surface area contributed by atoms with Crippen molar-refractivity contribution in [1.82, 2.24) is 0 Å². The van der Waals surface area contributed by atoms with E-state index >= 15 is 0 Å². The number of carbonyl (C=O) groups is 1. The monoisotopic (exact) mass is 678 g/mol. The molecule has 0 amide bonds. The van der Waals surface area contributed by atoms with Crippen molar-refractivity contribution >= 4 is 31.4 Å². The average Bonchev–Trinajstić information content (AvgIpc) is 3.01. The Balaban J connectivity index is 1.33. The van der Waals surface area contributed by atoms with Gasteiger partial charge in [0.2, 0.25) is 0 Å². The summed E-state index contributed by atoms with van der Waals surface area (Å²) in [4.78, 5) is 12.8. The summed E-state index contributed by atoms with van der Waals surface area (Å²) < 4.78 is 30.0. The molecule has 9 heteroatoms. The van der Waals surface area contributed by atoms with Gasteiger partial charge in [-0.25, -0.2) is 4.79 Å². The maximum atomic E-state index is 12.8. The quantitative estimate of drug-likeness (QED) is 0.0961. The molecular weight excluding hydrogens is 625 g/mol. The highest BCUT2D eigenvalue weighted by molar-refractivity contribution is 6.87. The molecule has 0 N–H and O–H groups in total. The summed E-state index contributed by atoms with van der Waals surface area (Å²) in [5.41, 5.74) is 3.74. The van der Waals surface area contributed by atoms with Crippen molar-refractivity contribution in [2.75, 3.05) is 7.11 Å². The van der Waals surface area contributed by atoms with Gasteiger partial charge < -0.3 is 22.4 Å². The van der Waals surface area contributed by atoms with Crippen LogP contribution in [0.25, 0.3) is 0 Å². The molecule has 0 spiro atoms. The van der Waals surface area contributed by atoms with Gasteiger partial charge in [-0.3, -0.25) is 0 Å². The van der Waals surface area contributed by atoms with Gasteiger partial charge in [-0.05, 0) is 118 Å². The van der Waals surface area contributed by atoms with Gasteiger partial charge in [0.15, 0.2) is 28.1 Å². The van der Waals surface area contributed by atoms with E-state index in [9.17, 15) is 4.79 Å². The van der Waals surface area contributed by atoms with E-state index in [2.05, 4.69) is 88.7 Å². The third-order valence-electron chi connectivity index (χ3n) is 9.20. The van der Waals surface area contributed by atoms with Gasteiger partial charge in [0.1, 0.15) is 5.75 Å². The number of benzene rings is 3. The van der Waals surface area contributed by atoms with E-state index in [1.54, 1.807) is 13.2 Å². The molecule has 0 unspecified atom stereocenters. The lowest BCUT2D eigenvalue weighted by molar-refractivity contribution is 0.150. The summed E-state index contributed by atoms with van der Waals surface area (Å²) in [7, 11) is -4.15. The third-order valence-corrected chi connectivity index (χ3v) is 20.8. The Kier molecular flexibility index (Phi) is 12.2. The summed E-state index contributed by atoms with van der Waals surface area (Å²) in [6.45, 7) is 15.7. The standard InChI is InChI=1S/C37H54O6Si3/c1-9-44(3,4)42-46(7,8)43-45(5,6)28-16-17-30-20-25-34(35(29-30)39-2)41-36(38)40-33-23-21-32(22-24-33)37(26-14-11-15-27-37)31-18-12-10-13-19-31/h10,12-13,18-25,29H,9,11,14-17,26-28H2,1-8H3. The normalized spacial score (nSPS) is 15.3. The molecule has 1 fully saturated rings. The van der Waals surface area contributed by atoms with Crippen LogP contribution in [0.4, 0.5) is 4.79 Å². The third kappa shape index (κ3) is 9.90. The molecule has 6 nitrogen and oxygen atoms in total. The first-order valence-corrected chi connectivity index (χ1v) is 25.9. The largest absolute Gasteiger partial charge is 0.519 e. The molecule has 0 saturated heterocycles. The van der Waals surface area contributed by atoms with Crippen LogP contribution in [0.3, 0.4) is 0 Å². The Labute approximate surface area is 280 Å². The van der Waals surface area contributed by atoms with Gasteiger partial charge in [0, 0.05) is 5.41 Å². The van der Waals surface area contributed by atoms with Crippen molar-refractivity contribution in [2.24, 2.45) is 0 Å². The predicted molar refractivity (Wildman–Crippen MR) is 195 cm³/mol. The summed E-state index contributed by atoms with van der Waals surface area (Å²) in [5.74, 6) is 1.30. The van der Waals surface area contributed by atoms with Crippen molar-refractivity contribution in [1.29, 1.82) is 0 Å². The average molecular weight is 679 g/mol. The molecule has 46 heavy (non-hydrogen) atoms. The van der Waals surface area contributed by atoms with E-state index in [1.807, 2.05) is 24.3 Å². The minimum absolute atomic E-state index is 0.00140. The molecule has 4 rings (SSSR count). The van der Waals surface area contributed by atoms with Gasteiger partial charge >= 0.3 is 14.7 Å². The first-order valence-electron chi connectivity index (χ1n) is 16.9. The van der Waals surface area contributed by atoms with Gasteiger partial charge in [0.05, 0.1) is 7.11 Å². The zero-order chi connectivity index (χ0) is 33.4. The highest BCUT2D eigenvalue weighted by Crippen LogP contribution is 2.45. The number of aryl methyl sites for hydroxylation is 1. The van der Waals surface area contributed by atoms with Gasteiger partial charge in [0.25, 0.3) is 0 Å². The van der Waals surface area contributed by atoms with Crippen molar-refractivity contribution < 1.29 is 27.2 Å². The zero-order valence-electron chi connectivity index (χ0n) is 29.2. The fourth-order valence-electron chi connectivity index (χ4n) is 6.85. The van der Waals surface area contributed by atoms with Crippen molar-refractivity contribution in [3.05, 3.63) is 89.5 Å². The first-order chi connectivity index (χ1) is 21.8. The van der Waals surface area contributed by atoms with Gasteiger partial charge in [-0.15, -0.1) is 0 Å². The number of hydrogen-bond acceptors (Lipinski definition) is 6. The van der Waals surface area contributed by atoms with Crippen LogP contribution in [0, 0.1) is 0 Å². The van der Waals surface area contributed by atoms with E-state index in [0.29, 0.717) is 17.2 Å². The number of methoxy groups -OCH3 is 1. The lowest BCUT2D eigenvalue weighted by Gasteiger charge is -2.38. The summed E-state index contributed by atoms with van der Waals surface area (Å²) in [5, 5.41) is 0. The van der Waals surface area contributed by atoms with E-state index in [0.717, 1.165) is 43.3 Å². The molecular formula is C37H54O6Si3. The second-order valence-corrected chi connectivity index (χ2v) is 27.0. The van der Waals surface area contributed by atoms with Crippen molar-refractivity contribution in [3.63, 3.8) is 0 Å². The topological polar surface area (TPSA) is 63.2 Å². The molecule has 0 aromatic heterocycles. The minimum Gasteiger partial charge on any atom is -0.493 e. The Bertz CT molecular complexity index is 1420. The molecule has 3 aromatic rings. The Morgan fingerprint density at radius 1 is 0.739 bits per heavy atom. The molecule has 3 aromatic carbocycles. The molecule has 1 aliphatic rings. The molecule has 0 atom stereocenters. The maximum Gasteiger partial charge on any atom is 0.519 e. The van der Waals surface area contributed by atoms with E-state index in [4.69, 9.17) is 22.4 Å². The smallest absolute Gasteiger partial charge is 0.493 e. The Morgan fingerprint density at radius 3 is 2.00 bits per heavy atom. The van der Waals surface area contributed by atoms with E-state index in [-0.39, 0.29) is 5.41 Å². The van der Waals surface area contributed by atoms with Crippen LogP contribution >= 0.6 is 0 Å². The first kappa shape index (κ1) is 36.1. The highest BCUT2D eigenvalue weighted by Gasteiger charge is 2.39. The molecule has 1 aliphatic carbocycles. The lowest BCUT2D eigenvalue weighted by Crippen LogP contribution is -2.52. The fraction of sp³-hybridized carbons (Fsp3) is 0.486. The molecule has 250 valence electrons. The Morgan fingerprint density at radius 2 is 1.37 bits per heavy atom. The van der Waals surface area contributed by atoms with Crippen LogP contribution in [-0.2, 0) is 20.1 Å². The number of rotatable bonds is 14. The van der Waals surface area contributed by atoms with E-state index in [1.165, 1.54) is 30.4 Å². The fourth-order valence-corrected chi connectivity index (χ4v) is 20.1. The molecule has 0 radical (unpaired) electrons. The number of ether oxygens (including phenoxy) is 3. The van der Waals surface area contributed by atoms with Gasteiger partial charge in [-0.2, -0.15) is 0 Å². The van der Waals surface area contributed by atoms with Crippen molar-refractivity contribution in [3.8, 4) is 17.2 Å². The van der Waals surface area contributed by atoms with Crippen molar-refractivity contribution in [2.45, 2.75) is 109 Å². The summed E-state index contributed by atoms with van der Waals surface area (Å²) in [6, 6.07) is 26.5. The lowest BCUT2D eigenvalue weighted by atomic mass is 9.65. The molecule has 0 bridgehead atoms. The van der Waals surface area contributed by atoms with E-state index < -0.39 is 31.4 Å². The Hall–Kier alpha value is -2.70. The van der Waals surface area contributed by atoms with Crippen LogP contribution in [0.2, 0.25) is 51.4 Å². The molecule has 1 saturated carbocycles. The van der Waals surface area contributed by atoms with Crippen LogP contribution in [0.15, 0.2) is 72.8 Å². The van der Waals surface area contributed by atoms with Crippen LogP contribution in [0.5, 0.6) is 17.2 Å². The molecule has 0 aliphatic heterocycles. The molecule has 0 heterocycles. The predicted octanol–water partition coefficient (Wildman–Crippen LogP) is 10.6. The summed E-state index contributed by atoms with van der Waals surface area (Å²) in [6.07, 6.45) is 7.04. The SMILES string of the molecule is CC[Si](C)(C)O[Si](C)(C)O[Si](C)(C)CCCc1ccc(OC(=O)Oc2ccc(C3(c4ccccc4)CCCCC3)cc2)c(OC)c1. The summed E-state index contributed by atoms with van der Waals surface area (Å²) >= 11 is 0. The zero-order valence-corrected chi connectivity index (χ0v) is 32.2. The van der Waals surface area contributed by atoms with Crippen LogP contribution < -0.4 is 14.2 Å². The van der Waals surface area contributed by atoms with Crippen LogP contribution in [0.1, 0.15) is 62.1 Å². The minimum atomic E-state index is -2.18. The second-order valence-electron chi connectivity index (χ2n) is 14.3. The number of hydrogen-bond donors (Lipinski definition) is 0. The second kappa shape index (κ2) is 15.5. The highest BCUT2D eigenvalue weighted by atomic mass is 28.5. The van der Waals surface area contributed by atoms with Gasteiger partial charge in [-0.1, -0.05) is 74.7 Å². The van der Waals surface area contributed by atoms with Crippen LogP contribution in [-0.4, -0.2) is 38.5 Å². The number of carbonyl (C=O) groups excluding carboxylic acids is 1. The maximum absolute atomic E-state index is 12.8.